The summed E-state index contributed by atoms with van der Waals surface area (Å²) in [5.74, 6) is 2.22. The van der Waals surface area contributed by atoms with Crippen molar-refractivity contribution in [1.82, 2.24) is 0 Å². The lowest BCUT2D eigenvalue weighted by Crippen LogP contribution is -2.09. The molecule has 0 aliphatic rings. The Bertz CT molecular complexity index is 370. The molecule has 4 nitrogen and oxygen atoms in total. The number of halogens is 1. The van der Waals surface area contributed by atoms with E-state index in [9.17, 15) is 0 Å². The molecule has 114 valence electrons. The lowest BCUT2D eigenvalue weighted by molar-refractivity contribution is 0.0958. The second-order valence-electron chi connectivity index (χ2n) is 4.28. The molecule has 0 amide bonds. The number of methoxy groups -OCH3 is 2. The molecule has 0 aliphatic carbocycles. The molecule has 0 radical (unpaired) electrons. The van der Waals surface area contributed by atoms with Gasteiger partial charge in [-0.1, -0.05) is 13.3 Å². The first-order valence-electron chi connectivity index (χ1n) is 6.78. The fourth-order valence-electron chi connectivity index (χ4n) is 1.70. The lowest BCUT2D eigenvalue weighted by atomic mass is 10.2. The Balaban J connectivity index is 2.63. The third-order valence-corrected chi connectivity index (χ3v) is 3.10. The largest absolute Gasteiger partial charge is 0.493 e. The summed E-state index contributed by atoms with van der Waals surface area (Å²) >= 11 is 5.84. The molecule has 0 aliphatic heterocycles. The van der Waals surface area contributed by atoms with Gasteiger partial charge in [-0.05, 0) is 24.1 Å². The number of ether oxygens (including phenoxy) is 4. The average molecular weight is 303 g/mol. The summed E-state index contributed by atoms with van der Waals surface area (Å²) in [5.41, 5.74) is 0.923. The van der Waals surface area contributed by atoms with Gasteiger partial charge in [0.1, 0.15) is 6.61 Å². The number of hydrogen-bond donors (Lipinski definition) is 0. The minimum Gasteiger partial charge on any atom is -0.493 e. The molecule has 0 fully saturated rings. The molecule has 0 unspecified atom stereocenters. The van der Waals surface area contributed by atoms with Crippen LogP contribution in [0.25, 0.3) is 0 Å². The maximum Gasteiger partial charge on any atom is 0.203 e. The minimum atomic E-state index is 0.396. The van der Waals surface area contributed by atoms with Crippen LogP contribution in [0.15, 0.2) is 12.1 Å². The van der Waals surface area contributed by atoms with E-state index in [4.69, 9.17) is 30.5 Å². The van der Waals surface area contributed by atoms with Crippen molar-refractivity contribution < 1.29 is 18.9 Å². The van der Waals surface area contributed by atoms with Crippen molar-refractivity contribution in [2.75, 3.05) is 34.0 Å². The first-order chi connectivity index (χ1) is 9.76. The standard InChI is InChI=1S/C15H23ClO4/c1-4-5-6-19-7-8-20-15-13(17-2)9-12(11-16)10-14(15)18-3/h9-10H,4-8,11H2,1-3H3. The van der Waals surface area contributed by atoms with E-state index in [1.165, 1.54) is 0 Å². The zero-order valence-electron chi connectivity index (χ0n) is 12.4. The van der Waals surface area contributed by atoms with Crippen LogP contribution < -0.4 is 14.2 Å². The fraction of sp³-hybridized carbons (Fsp3) is 0.600. The minimum absolute atomic E-state index is 0.396. The van der Waals surface area contributed by atoms with Crippen LogP contribution in [-0.2, 0) is 10.6 Å². The first kappa shape index (κ1) is 16.9. The number of unbranched alkanes of at least 4 members (excludes halogenated alkanes) is 1. The Morgan fingerprint density at radius 1 is 1.00 bits per heavy atom. The lowest BCUT2D eigenvalue weighted by Gasteiger charge is -2.15. The zero-order valence-corrected chi connectivity index (χ0v) is 13.2. The quantitative estimate of drug-likeness (QED) is 0.488. The SMILES string of the molecule is CCCCOCCOc1c(OC)cc(CCl)cc1OC. The van der Waals surface area contributed by atoms with Gasteiger partial charge in [-0.2, -0.15) is 0 Å². The molecule has 0 aromatic heterocycles. The Morgan fingerprint density at radius 3 is 2.15 bits per heavy atom. The Kier molecular flexibility index (Phi) is 8.23. The molecule has 0 atom stereocenters. The monoisotopic (exact) mass is 302 g/mol. The van der Waals surface area contributed by atoms with Crippen molar-refractivity contribution in [1.29, 1.82) is 0 Å². The van der Waals surface area contributed by atoms with Gasteiger partial charge in [0.25, 0.3) is 0 Å². The molecule has 1 aromatic carbocycles. The van der Waals surface area contributed by atoms with Crippen LogP contribution in [0.2, 0.25) is 0 Å². The van der Waals surface area contributed by atoms with Crippen molar-refractivity contribution in [3.63, 3.8) is 0 Å². The van der Waals surface area contributed by atoms with Gasteiger partial charge in [0.05, 0.1) is 20.8 Å². The highest BCUT2D eigenvalue weighted by Gasteiger charge is 2.13. The van der Waals surface area contributed by atoms with Gasteiger partial charge < -0.3 is 18.9 Å². The predicted octanol–water partition coefficient (Wildman–Crippen LogP) is 3.64. The number of alkyl halides is 1. The third kappa shape index (κ3) is 5.10. The van der Waals surface area contributed by atoms with Gasteiger partial charge in [-0.25, -0.2) is 0 Å². The molecule has 1 rings (SSSR count). The van der Waals surface area contributed by atoms with Gasteiger partial charge in [-0.15, -0.1) is 11.6 Å². The molecule has 1 aromatic rings. The van der Waals surface area contributed by atoms with Crippen molar-refractivity contribution >= 4 is 11.6 Å². The summed E-state index contributed by atoms with van der Waals surface area (Å²) < 4.78 is 21.8. The van der Waals surface area contributed by atoms with Gasteiger partial charge in [0, 0.05) is 12.5 Å². The summed E-state index contributed by atoms with van der Waals surface area (Å²) in [7, 11) is 3.19. The molecular weight excluding hydrogens is 280 g/mol. The van der Waals surface area contributed by atoms with Gasteiger partial charge >= 0.3 is 0 Å². The van der Waals surface area contributed by atoms with Gasteiger partial charge in [-0.3, -0.25) is 0 Å². The van der Waals surface area contributed by atoms with Crippen molar-refractivity contribution in [3.8, 4) is 17.2 Å². The van der Waals surface area contributed by atoms with Crippen molar-refractivity contribution in [3.05, 3.63) is 17.7 Å². The van der Waals surface area contributed by atoms with E-state index in [-0.39, 0.29) is 0 Å². The summed E-state index contributed by atoms with van der Waals surface area (Å²) in [6.07, 6.45) is 2.19. The Hall–Kier alpha value is -1.13. The summed E-state index contributed by atoms with van der Waals surface area (Å²) in [6.45, 7) is 3.90. The predicted molar refractivity (Wildman–Crippen MR) is 80.3 cm³/mol. The molecule has 0 saturated heterocycles. The van der Waals surface area contributed by atoms with E-state index in [0.717, 1.165) is 25.0 Å². The van der Waals surface area contributed by atoms with E-state index < -0.39 is 0 Å². The summed E-state index contributed by atoms with van der Waals surface area (Å²) in [4.78, 5) is 0. The van der Waals surface area contributed by atoms with Gasteiger partial charge in [0.15, 0.2) is 11.5 Å². The first-order valence-corrected chi connectivity index (χ1v) is 7.31. The smallest absolute Gasteiger partial charge is 0.203 e. The van der Waals surface area contributed by atoms with Crippen LogP contribution in [0.1, 0.15) is 25.3 Å². The van der Waals surface area contributed by atoms with Crippen LogP contribution in [0.4, 0.5) is 0 Å². The summed E-state index contributed by atoms with van der Waals surface area (Å²) in [5, 5.41) is 0. The molecule has 5 heteroatoms. The van der Waals surface area contributed by atoms with Crippen LogP contribution in [0.5, 0.6) is 17.2 Å². The second kappa shape index (κ2) is 9.72. The Morgan fingerprint density at radius 2 is 1.65 bits per heavy atom. The van der Waals surface area contributed by atoms with E-state index >= 15 is 0 Å². The molecule has 0 saturated carbocycles. The van der Waals surface area contributed by atoms with Crippen LogP contribution in [-0.4, -0.2) is 34.0 Å². The molecule has 0 heterocycles. The highest BCUT2D eigenvalue weighted by molar-refractivity contribution is 6.17. The topological polar surface area (TPSA) is 36.9 Å². The molecule has 0 N–H and O–H groups in total. The van der Waals surface area contributed by atoms with Gasteiger partial charge in [0.2, 0.25) is 5.75 Å². The highest BCUT2D eigenvalue weighted by Crippen LogP contribution is 2.38. The summed E-state index contributed by atoms with van der Waals surface area (Å²) in [6, 6.07) is 3.70. The van der Waals surface area contributed by atoms with E-state index in [1.54, 1.807) is 14.2 Å². The second-order valence-corrected chi connectivity index (χ2v) is 4.54. The molecule has 0 bridgehead atoms. The normalized spacial score (nSPS) is 10.4. The van der Waals surface area contributed by atoms with E-state index in [1.807, 2.05) is 12.1 Å². The molecule has 0 spiro atoms. The van der Waals surface area contributed by atoms with Crippen LogP contribution in [0.3, 0.4) is 0 Å². The van der Waals surface area contributed by atoms with E-state index in [2.05, 4.69) is 6.92 Å². The fourth-order valence-corrected chi connectivity index (χ4v) is 1.86. The molecule has 20 heavy (non-hydrogen) atoms. The van der Waals surface area contributed by atoms with Crippen LogP contribution >= 0.6 is 11.6 Å². The third-order valence-electron chi connectivity index (χ3n) is 2.79. The van der Waals surface area contributed by atoms with Crippen LogP contribution in [0, 0.1) is 0 Å². The maximum atomic E-state index is 5.84. The average Bonchev–Trinajstić information content (AvgIpc) is 2.50. The Labute approximate surface area is 125 Å². The maximum absolute atomic E-state index is 5.84. The highest BCUT2D eigenvalue weighted by atomic mass is 35.5. The zero-order chi connectivity index (χ0) is 14.8. The van der Waals surface area contributed by atoms with Crippen molar-refractivity contribution in [2.45, 2.75) is 25.6 Å². The number of hydrogen-bond acceptors (Lipinski definition) is 4. The van der Waals surface area contributed by atoms with E-state index in [0.29, 0.717) is 36.3 Å². The number of rotatable bonds is 10. The van der Waals surface area contributed by atoms with Crippen molar-refractivity contribution in [2.24, 2.45) is 0 Å². The number of benzene rings is 1. The molecular formula is C15H23ClO4.